The summed E-state index contributed by atoms with van der Waals surface area (Å²) in [6, 6.07) is 46.5. The van der Waals surface area contributed by atoms with E-state index in [1.54, 1.807) is 0 Å². The number of nitrogens with zero attached hydrogens (tertiary/aromatic N) is 5. The Kier molecular flexibility index (Phi) is 20.3. The first-order chi connectivity index (χ1) is 36.5. The minimum atomic E-state index is 0. The molecule has 2 aliphatic heterocycles. The third-order valence-corrected chi connectivity index (χ3v) is 14.3. The van der Waals surface area contributed by atoms with E-state index in [1.165, 1.54) is 95.5 Å². The zero-order valence-electron chi connectivity index (χ0n) is 44.7. The molecule has 5 nitrogen and oxygen atoms in total. The molecule has 2 aliphatic rings. The third kappa shape index (κ3) is 14.7. The quantitative estimate of drug-likeness (QED) is 0.0408. The van der Waals surface area contributed by atoms with Crippen molar-refractivity contribution in [2.24, 2.45) is 0 Å². The van der Waals surface area contributed by atoms with Crippen molar-refractivity contribution in [3.63, 3.8) is 0 Å². The van der Waals surface area contributed by atoms with Crippen molar-refractivity contribution in [2.45, 2.75) is 136 Å². The number of benzene rings is 4. The van der Waals surface area contributed by atoms with Crippen molar-refractivity contribution >= 4 is 63.4 Å². The molecule has 0 spiro atoms. The number of aromatic nitrogens is 4. The summed E-state index contributed by atoms with van der Waals surface area (Å²) in [4.78, 5) is 24.0. The zero-order chi connectivity index (χ0) is 50.7. The second kappa shape index (κ2) is 28.1. The van der Waals surface area contributed by atoms with E-state index >= 15 is 0 Å². The smallest absolute Gasteiger partial charge is 0.656 e. The normalized spacial score (nSPS) is 11.4. The molecule has 374 valence electrons. The monoisotopic (exact) mass is 1030 g/mol. The molecule has 0 unspecified atom stereocenters. The molecule has 0 atom stereocenters. The number of fused-ring (bicyclic) bond motifs is 8. The fraction of sp³-hybridized carbons (Fsp3) is 0.304. The van der Waals surface area contributed by atoms with E-state index in [4.69, 9.17) is 19.9 Å². The van der Waals surface area contributed by atoms with Gasteiger partial charge in [0.2, 0.25) is 0 Å². The van der Waals surface area contributed by atoms with Gasteiger partial charge in [0.25, 0.3) is 0 Å². The number of anilines is 3. The topological polar surface area (TPSA) is 57.2 Å². The molecular formula is C69H71N5Zn. The standard InChI is InChI=1S/C69H71N5.Zn/c1-4-6-8-10-12-14-16-24-30-58-62-44-48-66(70-62)60(42-38-53-34-32-52(3)33-35-53)67-49-45-63(71-67)59(31-25-17-15-13-11-9-7-5-2)65-47-51-69(73-65)61(68-50-46-64(58)72-68)43-39-54-36-40-57(41-37-54)74(55-26-20-18-21-27-55)56-28-22-19-23-29-56;/h18-23,26-29,32-37,40-41,44-51H,4-17,24-25,30-31H2,1-3H3;/q-2;+2. The Balaban J connectivity index is 0.00000747. The van der Waals surface area contributed by atoms with Crippen LogP contribution in [0.4, 0.5) is 17.1 Å². The molecule has 75 heavy (non-hydrogen) atoms. The maximum Gasteiger partial charge on any atom is 2.00 e. The van der Waals surface area contributed by atoms with Gasteiger partial charge in [0.15, 0.2) is 0 Å². The second-order valence-corrected chi connectivity index (χ2v) is 19.9. The van der Waals surface area contributed by atoms with Crippen LogP contribution in [0.2, 0.25) is 0 Å². The van der Waals surface area contributed by atoms with Crippen LogP contribution >= 0.6 is 0 Å². The summed E-state index contributed by atoms with van der Waals surface area (Å²) >= 11 is 0. The summed E-state index contributed by atoms with van der Waals surface area (Å²) in [7, 11) is 0. The predicted molar refractivity (Wildman–Crippen MR) is 314 cm³/mol. The van der Waals surface area contributed by atoms with Crippen LogP contribution in [-0.2, 0) is 32.3 Å². The summed E-state index contributed by atoms with van der Waals surface area (Å²) < 4.78 is 0. The number of hydrogen-bond acceptors (Lipinski definition) is 3. The molecular weight excluding hydrogens is 964 g/mol. The van der Waals surface area contributed by atoms with Crippen molar-refractivity contribution < 1.29 is 19.5 Å². The van der Waals surface area contributed by atoms with Crippen LogP contribution < -0.4 is 14.9 Å². The number of aryl methyl sites for hydroxylation is 3. The molecule has 0 aliphatic carbocycles. The fourth-order valence-corrected chi connectivity index (χ4v) is 10.0. The van der Waals surface area contributed by atoms with E-state index in [2.05, 4.69) is 207 Å². The second-order valence-electron chi connectivity index (χ2n) is 19.9. The minimum Gasteiger partial charge on any atom is -0.656 e. The van der Waals surface area contributed by atoms with E-state index < -0.39 is 0 Å². The van der Waals surface area contributed by atoms with Crippen LogP contribution in [0.25, 0.3) is 46.4 Å². The first kappa shape index (κ1) is 54.3. The molecule has 0 fully saturated rings. The van der Waals surface area contributed by atoms with E-state index in [1.807, 2.05) is 0 Å². The van der Waals surface area contributed by atoms with E-state index in [0.717, 1.165) is 121 Å². The molecule has 0 N–H and O–H groups in total. The van der Waals surface area contributed by atoms with Crippen LogP contribution in [0, 0.1) is 30.6 Å². The number of hydrogen-bond donors (Lipinski definition) is 0. The fourth-order valence-electron chi connectivity index (χ4n) is 10.0. The van der Waals surface area contributed by atoms with Crippen LogP contribution in [0.3, 0.4) is 0 Å². The van der Waals surface area contributed by atoms with Crippen molar-refractivity contribution in [1.29, 1.82) is 0 Å². The van der Waals surface area contributed by atoms with E-state index in [9.17, 15) is 0 Å². The van der Waals surface area contributed by atoms with Gasteiger partial charge in [0.05, 0.1) is 22.8 Å². The summed E-state index contributed by atoms with van der Waals surface area (Å²) in [6.07, 6.45) is 30.3. The largest absolute Gasteiger partial charge is 2.00 e. The van der Waals surface area contributed by atoms with Gasteiger partial charge < -0.3 is 14.9 Å². The van der Waals surface area contributed by atoms with Gasteiger partial charge in [-0.15, -0.1) is 22.1 Å². The number of unbranched alkanes of at least 4 members (excludes halogenated alkanes) is 14. The van der Waals surface area contributed by atoms with Gasteiger partial charge in [-0.25, -0.2) is 9.97 Å². The van der Waals surface area contributed by atoms with Gasteiger partial charge in [-0.05, 0) is 129 Å². The first-order valence-electron chi connectivity index (χ1n) is 27.7. The van der Waals surface area contributed by atoms with Crippen LogP contribution in [0.1, 0.15) is 178 Å². The summed E-state index contributed by atoms with van der Waals surface area (Å²) in [6.45, 7) is 6.67. The Hall–Kier alpha value is -6.98. The Morgan fingerprint density at radius 2 is 0.733 bits per heavy atom. The Labute approximate surface area is 460 Å². The Morgan fingerprint density at radius 1 is 0.373 bits per heavy atom. The molecule has 3 aromatic heterocycles. The Bertz CT molecular complexity index is 3260. The number of para-hydroxylation sites is 2. The van der Waals surface area contributed by atoms with Gasteiger partial charge in [-0.3, -0.25) is 0 Å². The van der Waals surface area contributed by atoms with Gasteiger partial charge in [0.1, 0.15) is 0 Å². The minimum absolute atomic E-state index is 0. The van der Waals surface area contributed by atoms with Crippen molar-refractivity contribution in [3.05, 3.63) is 195 Å². The molecule has 0 amide bonds. The average molecular weight is 1040 g/mol. The molecule has 0 saturated heterocycles. The van der Waals surface area contributed by atoms with Gasteiger partial charge in [-0.2, -0.15) is 0 Å². The van der Waals surface area contributed by atoms with Crippen LogP contribution in [0.5, 0.6) is 0 Å². The van der Waals surface area contributed by atoms with Crippen molar-refractivity contribution in [3.8, 4) is 23.7 Å². The van der Waals surface area contributed by atoms with Gasteiger partial charge >= 0.3 is 19.5 Å². The van der Waals surface area contributed by atoms with Gasteiger partial charge in [-0.1, -0.05) is 206 Å². The van der Waals surface area contributed by atoms with E-state index in [0.29, 0.717) is 0 Å². The van der Waals surface area contributed by atoms with Crippen LogP contribution in [-0.4, -0.2) is 9.97 Å². The van der Waals surface area contributed by atoms with Crippen molar-refractivity contribution in [2.75, 3.05) is 4.90 Å². The summed E-state index contributed by atoms with van der Waals surface area (Å²) in [5.41, 5.74) is 17.3. The average Bonchev–Trinajstić information content (AvgIpc) is 4.31. The number of rotatable bonds is 21. The molecule has 0 saturated carbocycles. The molecule has 5 heterocycles. The molecule has 9 rings (SSSR count). The zero-order valence-corrected chi connectivity index (χ0v) is 47.6. The predicted octanol–water partition coefficient (Wildman–Crippen LogP) is 17.9. The summed E-state index contributed by atoms with van der Waals surface area (Å²) in [5.74, 6) is 14.2. The molecule has 6 heteroatoms. The SMILES string of the molecule is CCCCCCCCCCc1c2nc(c(C#Cc3ccc(N(c4ccccc4)c4ccccc4)cc3)c3ccc([n-]3)c(CCCCCCCCCC)c3nc(c(C#Cc4ccc(C)cc4)c4ccc1[n-]4)C=C3)C=C2.[Zn+2]. The van der Waals surface area contributed by atoms with Crippen LogP contribution in [0.15, 0.2) is 133 Å². The maximum absolute atomic E-state index is 5.45. The first-order valence-corrected chi connectivity index (χ1v) is 27.7. The maximum atomic E-state index is 5.45. The third-order valence-electron chi connectivity index (χ3n) is 14.3. The molecule has 8 bridgehead atoms. The molecule has 7 aromatic rings. The molecule has 4 aromatic carbocycles. The molecule has 0 radical (unpaired) electrons. The van der Waals surface area contributed by atoms with E-state index in [-0.39, 0.29) is 19.5 Å². The summed E-state index contributed by atoms with van der Waals surface area (Å²) in [5, 5.41) is 0. The Morgan fingerprint density at radius 3 is 1.16 bits per heavy atom. The van der Waals surface area contributed by atoms with Crippen molar-refractivity contribution in [1.82, 2.24) is 19.9 Å². The van der Waals surface area contributed by atoms with Gasteiger partial charge in [0, 0.05) is 39.3 Å².